The molecule has 3 nitrogen and oxygen atoms in total. The molecule has 17 heavy (non-hydrogen) atoms. The molecule has 0 fully saturated rings. The van der Waals surface area contributed by atoms with Gasteiger partial charge in [-0.25, -0.2) is 9.18 Å². The summed E-state index contributed by atoms with van der Waals surface area (Å²) in [7, 11) is 0.999. The minimum Gasteiger partial charge on any atom is -0.465 e. The predicted octanol–water partition coefficient (Wildman–Crippen LogP) is 2.82. The van der Waals surface area contributed by atoms with Crippen LogP contribution in [0.25, 0.3) is 0 Å². The Morgan fingerprint density at radius 3 is 2.35 bits per heavy atom. The van der Waals surface area contributed by atoms with Crippen molar-refractivity contribution < 1.29 is 31.8 Å². The molecule has 0 radical (unpaired) electrons. The number of benzene rings is 1. The molecule has 94 valence electrons. The average Bonchev–Trinajstić information content (AvgIpc) is 2.20. The van der Waals surface area contributed by atoms with Gasteiger partial charge in [-0.05, 0) is 18.6 Å². The van der Waals surface area contributed by atoms with E-state index in [0.717, 1.165) is 19.2 Å². The van der Waals surface area contributed by atoms with Gasteiger partial charge < -0.3 is 9.47 Å². The van der Waals surface area contributed by atoms with E-state index < -0.39 is 29.5 Å². The predicted molar refractivity (Wildman–Crippen MR) is 49.2 cm³/mol. The van der Waals surface area contributed by atoms with Crippen LogP contribution in [0.5, 0.6) is 5.75 Å². The molecular weight excluding hydrogens is 244 g/mol. The Hall–Kier alpha value is -1.79. The quantitative estimate of drug-likeness (QED) is 0.599. The van der Waals surface area contributed by atoms with E-state index in [-0.39, 0.29) is 5.56 Å². The SMILES string of the molecule is COC(=O)c1c(C)ccc(OC(F)(F)F)c1F. The third-order valence-corrected chi connectivity index (χ3v) is 1.93. The zero-order valence-corrected chi connectivity index (χ0v) is 8.89. The van der Waals surface area contributed by atoms with Crippen LogP contribution in [0.2, 0.25) is 0 Å². The molecule has 0 N–H and O–H groups in total. The molecule has 0 aromatic heterocycles. The van der Waals surface area contributed by atoms with Crippen molar-refractivity contribution in [1.29, 1.82) is 0 Å². The molecule has 1 aromatic rings. The second-order valence-corrected chi connectivity index (χ2v) is 3.11. The van der Waals surface area contributed by atoms with Crippen LogP contribution in [-0.2, 0) is 4.74 Å². The van der Waals surface area contributed by atoms with Crippen LogP contribution in [-0.4, -0.2) is 19.4 Å². The molecule has 1 rings (SSSR count). The van der Waals surface area contributed by atoms with Gasteiger partial charge in [0.25, 0.3) is 0 Å². The van der Waals surface area contributed by atoms with Gasteiger partial charge in [0.1, 0.15) is 5.56 Å². The van der Waals surface area contributed by atoms with Gasteiger partial charge in [0.05, 0.1) is 7.11 Å². The molecule has 0 saturated heterocycles. The summed E-state index contributed by atoms with van der Waals surface area (Å²) < 4.78 is 57.1. The highest BCUT2D eigenvalue weighted by Crippen LogP contribution is 2.29. The van der Waals surface area contributed by atoms with Crippen molar-refractivity contribution in [2.45, 2.75) is 13.3 Å². The molecule has 0 bridgehead atoms. The van der Waals surface area contributed by atoms with Gasteiger partial charge >= 0.3 is 12.3 Å². The Bertz CT molecular complexity index is 440. The number of ether oxygens (including phenoxy) is 2. The largest absolute Gasteiger partial charge is 0.573 e. The van der Waals surface area contributed by atoms with Crippen molar-refractivity contribution in [3.8, 4) is 5.75 Å². The number of halogens is 4. The molecule has 0 unspecified atom stereocenters. The van der Waals surface area contributed by atoms with Gasteiger partial charge in [0.2, 0.25) is 0 Å². The summed E-state index contributed by atoms with van der Waals surface area (Å²) in [6, 6.07) is 1.93. The van der Waals surface area contributed by atoms with E-state index in [4.69, 9.17) is 0 Å². The van der Waals surface area contributed by atoms with E-state index in [9.17, 15) is 22.4 Å². The van der Waals surface area contributed by atoms with E-state index in [2.05, 4.69) is 9.47 Å². The highest BCUT2D eigenvalue weighted by molar-refractivity contribution is 5.91. The summed E-state index contributed by atoms with van der Waals surface area (Å²) in [5, 5.41) is 0. The van der Waals surface area contributed by atoms with Crippen LogP contribution < -0.4 is 4.74 Å². The van der Waals surface area contributed by atoms with Crippen LogP contribution in [0, 0.1) is 12.7 Å². The molecule has 0 saturated carbocycles. The van der Waals surface area contributed by atoms with Crippen molar-refractivity contribution in [3.05, 3.63) is 29.1 Å². The number of alkyl halides is 3. The monoisotopic (exact) mass is 252 g/mol. The fraction of sp³-hybridized carbons (Fsp3) is 0.300. The van der Waals surface area contributed by atoms with Gasteiger partial charge in [0.15, 0.2) is 11.6 Å². The molecule has 0 spiro atoms. The lowest BCUT2D eigenvalue weighted by atomic mass is 10.1. The maximum absolute atomic E-state index is 13.6. The number of aryl methyl sites for hydroxylation is 1. The van der Waals surface area contributed by atoms with Crippen molar-refractivity contribution in [2.75, 3.05) is 7.11 Å². The first-order valence-corrected chi connectivity index (χ1v) is 4.39. The van der Waals surface area contributed by atoms with Gasteiger partial charge in [-0.15, -0.1) is 13.2 Å². The minimum absolute atomic E-state index is 0.156. The van der Waals surface area contributed by atoms with Crippen molar-refractivity contribution >= 4 is 5.97 Å². The minimum atomic E-state index is -5.02. The number of hydrogen-bond donors (Lipinski definition) is 0. The van der Waals surface area contributed by atoms with Crippen LogP contribution in [0.15, 0.2) is 12.1 Å². The summed E-state index contributed by atoms with van der Waals surface area (Å²) >= 11 is 0. The van der Waals surface area contributed by atoms with Crippen molar-refractivity contribution in [2.24, 2.45) is 0 Å². The van der Waals surface area contributed by atoms with Crippen LogP contribution in [0.3, 0.4) is 0 Å². The van der Waals surface area contributed by atoms with Gasteiger partial charge in [0, 0.05) is 0 Å². The summed E-state index contributed by atoms with van der Waals surface area (Å²) in [5.41, 5.74) is -0.418. The highest BCUT2D eigenvalue weighted by atomic mass is 19.4. The Morgan fingerprint density at radius 1 is 1.29 bits per heavy atom. The smallest absolute Gasteiger partial charge is 0.465 e. The van der Waals surface area contributed by atoms with E-state index in [1.165, 1.54) is 6.92 Å². The summed E-state index contributed by atoms with van der Waals surface area (Å²) in [6.07, 6.45) is -5.02. The summed E-state index contributed by atoms with van der Waals surface area (Å²) in [6.45, 7) is 1.37. The maximum Gasteiger partial charge on any atom is 0.573 e. The number of esters is 1. The first kappa shape index (κ1) is 13.3. The van der Waals surface area contributed by atoms with Crippen molar-refractivity contribution in [3.63, 3.8) is 0 Å². The zero-order valence-electron chi connectivity index (χ0n) is 8.89. The molecule has 1 aromatic carbocycles. The fourth-order valence-electron chi connectivity index (χ4n) is 1.21. The number of carbonyl (C=O) groups excluding carboxylic acids is 1. The first-order valence-electron chi connectivity index (χ1n) is 4.39. The van der Waals surface area contributed by atoms with E-state index >= 15 is 0 Å². The fourth-order valence-corrected chi connectivity index (χ4v) is 1.21. The van der Waals surface area contributed by atoms with E-state index in [1.54, 1.807) is 0 Å². The summed E-state index contributed by atoms with van der Waals surface area (Å²) in [5.74, 6) is -3.52. The normalized spacial score (nSPS) is 11.2. The maximum atomic E-state index is 13.6. The lowest BCUT2D eigenvalue weighted by molar-refractivity contribution is -0.275. The topological polar surface area (TPSA) is 35.5 Å². The second kappa shape index (κ2) is 4.60. The first-order chi connectivity index (χ1) is 7.76. The third-order valence-electron chi connectivity index (χ3n) is 1.93. The Morgan fingerprint density at radius 2 is 1.88 bits per heavy atom. The van der Waals surface area contributed by atoms with Crippen molar-refractivity contribution in [1.82, 2.24) is 0 Å². The molecular formula is C10H8F4O3. The number of methoxy groups -OCH3 is 1. The Balaban J connectivity index is 3.24. The molecule has 0 aliphatic carbocycles. The summed E-state index contributed by atoms with van der Waals surface area (Å²) in [4.78, 5) is 11.2. The molecule has 7 heteroatoms. The molecule has 0 amide bonds. The number of hydrogen-bond acceptors (Lipinski definition) is 3. The Labute approximate surface area is 93.9 Å². The highest BCUT2D eigenvalue weighted by Gasteiger charge is 2.33. The molecule has 0 heterocycles. The average molecular weight is 252 g/mol. The van der Waals surface area contributed by atoms with Gasteiger partial charge in [-0.1, -0.05) is 6.07 Å². The second-order valence-electron chi connectivity index (χ2n) is 3.11. The van der Waals surface area contributed by atoms with E-state index in [1.807, 2.05) is 0 Å². The standard InChI is InChI=1S/C10H8F4O3/c1-5-3-4-6(17-10(12,13)14)8(11)7(5)9(15)16-2/h3-4H,1-2H3. The lowest BCUT2D eigenvalue weighted by Gasteiger charge is -2.12. The van der Waals surface area contributed by atoms with Crippen LogP contribution in [0.1, 0.15) is 15.9 Å². The number of rotatable bonds is 2. The third kappa shape index (κ3) is 3.08. The molecule has 0 atom stereocenters. The van der Waals surface area contributed by atoms with E-state index in [0.29, 0.717) is 0 Å². The number of carbonyl (C=O) groups is 1. The lowest BCUT2D eigenvalue weighted by Crippen LogP contribution is -2.19. The zero-order chi connectivity index (χ0) is 13.2. The molecule has 0 aliphatic rings. The van der Waals surface area contributed by atoms with Gasteiger partial charge in [-0.2, -0.15) is 0 Å². The van der Waals surface area contributed by atoms with Gasteiger partial charge in [-0.3, -0.25) is 0 Å². The Kier molecular flexibility index (Phi) is 3.59. The van der Waals surface area contributed by atoms with Crippen LogP contribution in [0.4, 0.5) is 17.6 Å². The molecule has 0 aliphatic heterocycles. The van der Waals surface area contributed by atoms with Crippen LogP contribution >= 0.6 is 0 Å².